The fourth-order valence-electron chi connectivity index (χ4n) is 4.30. The average molecular weight is 426 g/mol. The number of imidazole rings is 1. The minimum Gasteiger partial charge on any atom is -0.367 e. The number of rotatable bonds is 5. The lowest BCUT2D eigenvalue weighted by molar-refractivity contribution is 0.262. The van der Waals surface area contributed by atoms with Crippen LogP contribution in [0.15, 0.2) is 79.0 Å². The fourth-order valence-corrected chi connectivity index (χ4v) is 4.30. The molecule has 0 atom stereocenters. The second-order valence-corrected chi connectivity index (χ2v) is 8.24. The summed E-state index contributed by atoms with van der Waals surface area (Å²) in [7, 11) is 0. The number of anilines is 3. The largest absolute Gasteiger partial charge is 0.367 e. The first-order valence-corrected chi connectivity index (χ1v) is 11.2. The molecule has 6 nitrogen and oxygen atoms in total. The molecule has 2 amide bonds. The van der Waals surface area contributed by atoms with Gasteiger partial charge in [-0.05, 0) is 49.2 Å². The SMILES string of the molecule is O=C(Nc1ccccc1)Nc1ccc(-c2nc3ccccn3c2NC2CCCCC2)cc1. The van der Waals surface area contributed by atoms with Crippen molar-refractivity contribution in [3.05, 3.63) is 79.0 Å². The molecule has 1 saturated carbocycles. The fraction of sp³-hybridized carbons (Fsp3) is 0.231. The van der Waals surface area contributed by atoms with Crippen LogP contribution in [0.3, 0.4) is 0 Å². The smallest absolute Gasteiger partial charge is 0.323 e. The highest BCUT2D eigenvalue weighted by molar-refractivity contribution is 5.99. The number of urea groups is 1. The van der Waals surface area contributed by atoms with Crippen LogP contribution in [-0.4, -0.2) is 21.5 Å². The summed E-state index contributed by atoms with van der Waals surface area (Å²) in [6.07, 6.45) is 8.31. The highest BCUT2D eigenvalue weighted by atomic mass is 16.2. The van der Waals surface area contributed by atoms with E-state index in [9.17, 15) is 4.79 Å². The number of nitrogens with one attached hydrogen (secondary N) is 3. The van der Waals surface area contributed by atoms with E-state index in [4.69, 9.17) is 4.98 Å². The summed E-state index contributed by atoms with van der Waals surface area (Å²) in [5.74, 6) is 1.04. The molecule has 0 aliphatic heterocycles. The van der Waals surface area contributed by atoms with E-state index in [1.165, 1.54) is 32.1 Å². The van der Waals surface area contributed by atoms with Gasteiger partial charge in [-0.1, -0.05) is 55.7 Å². The topological polar surface area (TPSA) is 70.5 Å². The number of amides is 2. The maximum atomic E-state index is 12.3. The molecule has 0 radical (unpaired) electrons. The highest BCUT2D eigenvalue weighted by Gasteiger charge is 2.19. The summed E-state index contributed by atoms with van der Waals surface area (Å²) in [6, 6.07) is 23.5. The lowest BCUT2D eigenvalue weighted by Gasteiger charge is -2.24. The van der Waals surface area contributed by atoms with Gasteiger partial charge in [0, 0.05) is 29.2 Å². The number of fused-ring (bicyclic) bond motifs is 1. The number of nitrogens with zero attached hydrogens (tertiary/aromatic N) is 2. The van der Waals surface area contributed by atoms with Gasteiger partial charge < -0.3 is 16.0 Å². The maximum absolute atomic E-state index is 12.3. The van der Waals surface area contributed by atoms with Crippen LogP contribution in [0.4, 0.5) is 22.0 Å². The normalized spacial score (nSPS) is 14.2. The van der Waals surface area contributed by atoms with Gasteiger partial charge in [-0.2, -0.15) is 0 Å². The molecule has 0 unspecified atom stereocenters. The van der Waals surface area contributed by atoms with Gasteiger partial charge >= 0.3 is 6.03 Å². The lowest BCUT2D eigenvalue weighted by Crippen LogP contribution is -2.23. The molecular formula is C26H27N5O. The highest BCUT2D eigenvalue weighted by Crippen LogP contribution is 2.32. The summed E-state index contributed by atoms with van der Waals surface area (Å²) < 4.78 is 2.13. The molecule has 0 bridgehead atoms. The number of para-hydroxylation sites is 1. The van der Waals surface area contributed by atoms with Gasteiger partial charge in [0.05, 0.1) is 0 Å². The van der Waals surface area contributed by atoms with Crippen LogP contribution in [0.2, 0.25) is 0 Å². The Kier molecular flexibility index (Phi) is 5.75. The summed E-state index contributed by atoms with van der Waals surface area (Å²) in [4.78, 5) is 17.2. The first kappa shape index (κ1) is 20.1. The van der Waals surface area contributed by atoms with Gasteiger partial charge in [-0.3, -0.25) is 4.40 Å². The molecule has 1 aliphatic rings. The Hall–Kier alpha value is -3.80. The Balaban J connectivity index is 1.36. The number of aromatic nitrogens is 2. The molecule has 32 heavy (non-hydrogen) atoms. The summed E-state index contributed by atoms with van der Waals surface area (Å²) in [5, 5.41) is 9.48. The van der Waals surface area contributed by atoms with Crippen LogP contribution < -0.4 is 16.0 Å². The van der Waals surface area contributed by atoms with Crippen LogP contribution in [0, 0.1) is 0 Å². The third-order valence-electron chi connectivity index (χ3n) is 5.92. The molecular weight excluding hydrogens is 398 g/mol. The van der Waals surface area contributed by atoms with Gasteiger partial charge in [0.25, 0.3) is 0 Å². The first-order chi connectivity index (χ1) is 15.8. The Morgan fingerprint density at radius 3 is 2.25 bits per heavy atom. The predicted octanol–water partition coefficient (Wildman–Crippen LogP) is 6.39. The molecule has 4 aromatic rings. The van der Waals surface area contributed by atoms with Crippen LogP contribution in [-0.2, 0) is 0 Å². The van der Waals surface area contributed by atoms with Gasteiger partial charge in [0.15, 0.2) is 0 Å². The van der Waals surface area contributed by atoms with E-state index in [1.54, 1.807) is 0 Å². The average Bonchev–Trinajstić information content (AvgIpc) is 3.19. The second-order valence-electron chi connectivity index (χ2n) is 8.24. The maximum Gasteiger partial charge on any atom is 0.323 e. The molecule has 0 spiro atoms. The Bertz CT molecular complexity index is 1190. The second kappa shape index (κ2) is 9.14. The van der Waals surface area contributed by atoms with Gasteiger partial charge in [0.1, 0.15) is 17.2 Å². The number of hydrogen-bond acceptors (Lipinski definition) is 3. The van der Waals surface area contributed by atoms with Crippen LogP contribution >= 0.6 is 0 Å². The predicted molar refractivity (Wildman–Crippen MR) is 130 cm³/mol. The van der Waals surface area contributed by atoms with Crippen molar-refractivity contribution in [1.82, 2.24) is 9.38 Å². The van der Waals surface area contributed by atoms with E-state index in [-0.39, 0.29) is 6.03 Å². The standard InChI is InChI=1S/C26H27N5O/c32-26(28-21-11-5-2-6-12-21)29-22-16-14-19(15-17-22)24-25(27-20-9-3-1-4-10-20)31-18-8-7-13-23(31)30-24/h2,5-8,11-18,20,27H,1,3-4,9-10H2,(H2,28,29,32). The summed E-state index contributed by atoms with van der Waals surface area (Å²) in [6.45, 7) is 0. The van der Waals surface area contributed by atoms with E-state index in [0.29, 0.717) is 6.04 Å². The van der Waals surface area contributed by atoms with Crippen LogP contribution in [0.5, 0.6) is 0 Å². The minimum absolute atomic E-state index is 0.267. The van der Waals surface area contributed by atoms with E-state index in [2.05, 4.69) is 26.5 Å². The van der Waals surface area contributed by atoms with Crippen LogP contribution in [0.25, 0.3) is 16.9 Å². The zero-order valence-corrected chi connectivity index (χ0v) is 17.9. The molecule has 1 aliphatic carbocycles. The molecule has 0 saturated heterocycles. The number of carbonyl (C=O) groups is 1. The quantitative estimate of drug-likeness (QED) is 0.347. The van der Waals surface area contributed by atoms with Crippen molar-refractivity contribution in [3.8, 4) is 11.3 Å². The zero-order valence-electron chi connectivity index (χ0n) is 17.9. The first-order valence-electron chi connectivity index (χ1n) is 11.2. The molecule has 1 fully saturated rings. The van der Waals surface area contributed by atoms with Crippen molar-refractivity contribution in [1.29, 1.82) is 0 Å². The van der Waals surface area contributed by atoms with Crippen molar-refractivity contribution in [3.63, 3.8) is 0 Å². The Morgan fingerprint density at radius 2 is 1.50 bits per heavy atom. The number of carbonyl (C=O) groups excluding carboxylic acids is 1. The van der Waals surface area contributed by atoms with E-state index >= 15 is 0 Å². The zero-order chi connectivity index (χ0) is 21.8. The Morgan fingerprint density at radius 1 is 0.812 bits per heavy atom. The molecule has 162 valence electrons. The van der Waals surface area contributed by atoms with E-state index in [0.717, 1.165) is 34.1 Å². The van der Waals surface area contributed by atoms with Crippen molar-refractivity contribution in [2.45, 2.75) is 38.1 Å². The van der Waals surface area contributed by atoms with Gasteiger partial charge in [-0.15, -0.1) is 0 Å². The third kappa shape index (κ3) is 4.44. The van der Waals surface area contributed by atoms with Gasteiger partial charge in [0.2, 0.25) is 0 Å². The van der Waals surface area contributed by atoms with Crippen LogP contribution in [0.1, 0.15) is 32.1 Å². The van der Waals surface area contributed by atoms with E-state index < -0.39 is 0 Å². The van der Waals surface area contributed by atoms with Crippen molar-refractivity contribution in [2.75, 3.05) is 16.0 Å². The minimum atomic E-state index is -0.267. The van der Waals surface area contributed by atoms with Crippen molar-refractivity contribution >= 4 is 28.9 Å². The lowest BCUT2D eigenvalue weighted by atomic mass is 9.95. The monoisotopic (exact) mass is 425 g/mol. The molecule has 2 aromatic heterocycles. The molecule has 2 aromatic carbocycles. The molecule has 2 heterocycles. The number of benzene rings is 2. The summed E-state index contributed by atoms with van der Waals surface area (Å²) in [5.41, 5.74) is 4.35. The van der Waals surface area contributed by atoms with Crippen molar-refractivity contribution < 1.29 is 4.79 Å². The molecule has 5 rings (SSSR count). The Labute approximate surface area is 187 Å². The van der Waals surface area contributed by atoms with Gasteiger partial charge in [-0.25, -0.2) is 9.78 Å². The summed E-state index contributed by atoms with van der Waals surface area (Å²) >= 11 is 0. The third-order valence-corrected chi connectivity index (χ3v) is 5.92. The molecule has 6 heteroatoms. The van der Waals surface area contributed by atoms with E-state index in [1.807, 2.05) is 72.8 Å². The molecule has 3 N–H and O–H groups in total. The number of hydrogen-bond donors (Lipinski definition) is 3. The number of pyridine rings is 1. The van der Waals surface area contributed by atoms with Crippen molar-refractivity contribution in [2.24, 2.45) is 0 Å².